The van der Waals surface area contributed by atoms with Crippen molar-refractivity contribution in [1.29, 1.82) is 0 Å². The van der Waals surface area contributed by atoms with Crippen molar-refractivity contribution < 1.29 is 9.90 Å². The van der Waals surface area contributed by atoms with Crippen LogP contribution >= 0.6 is 27.5 Å². The van der Waals surface area contributed by atoms with E-state index in [2.05, 4.69) is 21.2 Å². The summed E-state index contributed by atoms with van der Waals surface area (Å²) in [7, 11) is 0. The molecule has 0 saturated carbocycles. The summed E-state index contributed by atoms with van der Waals surface area (Å²) in [6, 6.07) is 10.1. The highest BCUT2D eigenvalue weighted by atomic mass is 79.9. The summed E-state index contributed by atoms with van der Waals surface area (Å²) in [6.07, 6.45) is 0. The fourth-order valence-corrected chi connectivity index (χ4v) is 2.40. The molecule has 0 spiro atoms. The number of nitrogens with two attached hydrogens (primary N) is 1. The monoisotopic (exact) mass is 354 g/mol. The van der Waals surface area contributed by atoms with E-state index in [1.807, 2.05) is 6.07 Å². The molecule has 4 N–H and O–H groups in total. The maximum atomic E-state index is 11.1. The molecule has 2 rings (SSSR count). The predicted octanol–water partition coefficient (Wildman–Crippen LogP) is 3.52. The van der Waals surface area contributed by atoms with E-state index in [0.717, 1.165) is 15.7 Å². The van der Waals surface area contributed by atoms with Crippen molar-refractivity contribution in [2.75, 3.05) is 5.32 Å². The van der Waals surface area contributed by atoms with Crippen molar-refractivity contribution in [2.24, 2.45) is 5.73 Å². The zero-order valence-electron chi connectivity index (χ0n) is 10.4. The predicted molar refractivity (Wildman–Crippen MR) is 83.1 cm³/mol. The molecule has 1 amide bonds. The molecule has 0 fully saturated rings. The van der Waals surface area contributed by atoms with Crippen molar-refractivity contribution in [3.05, 3.63) is 57.0 Å². The summed E-state index contributed by atoms with van der Waals surface area (Å²) in [6.45, 7) is 0.428. The molecule has 0 aliphatic carbocycles. The minimum atomic E-state index is -0.564. The van der Waals surface area contributed by atoms with E-state index >= 15 is 0 Å². The first-order chi connectivity index (χ1) is 9.47. The number of carbonyl (C=O) groups is 1. The fraction of sp³-hybridized carbons (Fsp3) is 0.0714. The maximum Gasteiger partial charge on any atom is 0.250 e. The van der Waals surface area contributed by atoms with Gasteiger partial charge in [0, 0.05) is 22.3 Å². The van der Waals surface area contributed by atoms with E-state index in [1.54, 1.807) is 30.3 Å². The molecule has 0 atom stereocenters. The van der Waals surface area contributed by atoms with Crippen molar-refractivity contribution in [3.63, 3.8) is 0 Å². The molecule has 2 aromatic rings. The van der Waals surface area contributed by atoms with Gasteiger partial charge in [-0.05, 0) is 36.4 Å². The van der Waals surface area contributed by atoms with Gasteiger partial charge in [-0.15, -0.1) is 0 Å². The first kappa shape index (κ1) is 14.7. The van der Waals surface area contributed by atoms with Crippen LogP contribution in [0.15, 0.2) is 40.9 Å². The van der Waals surface area contributed by atoms with Gasteiger partial charge in [-0.3, -0.25) is 4.79 Å². The van der Waals surface area contributed by atoms with Crippen LogP contribution in [-0.4, -0.2) is 11.0 Å². The van der Waals surface area contributed by atoms with E-state index in [-0.39, 0.29) is 11.3 Å². The van der Waals surface area contributed by atoms with Crippen LogP contribution in [0.5, 0.6) is 5.75 Å². The quantitative estimate of drug-likeness (QED) is 0.785. The van der Waals surface area contributed by atoms with Gasteiger partial charge in [0.1, 0.15) is 5.75 Å². The Labute approximate surface area is 129 Å². The van der Waals surface area contributed by atoms with E-state index in [1.165, 1.54) is 0 Å². The molecule has 0 aliphatic heterocycles. The molecule has 0 aromatic heterocycles. The zero-order valence-corrected chi connectivity index (χ0v) is 12.7. The second-order valence-electron chi connectivity index (χ2n) is 4.19. The van der Waals surface area contributed by atoms with Gasteiger partial charge in [-0.25, -0.2) is 0 Å². The van der Waals surface area contributed by atoms with Crippen LogP contribution in [0.4, 0.5) is 5.69 Å². The average Bonchev–Trinajstić information content (AvgIpc) is 2.39. The summed E-state index contributed by atoms with van der Waals surface area (Å²) < 4.78 is 0.884. The summed E-state index contributed by atoms with van der Waals surface area (Å²) in [5.74, 6) is -0.355. The number of rotatable bonds is 4. The summed E-state index contributed by atoms with van der Waals surface area (Å²) >= 11 is 9.31. The fourth-order valence-electron chi connectivity index (χ4n) is 1.72. The number of halogens is 2. The maximum absolute atomic E-state index is 11.1. The Morgan fingerprint density at radius 2 is 2.05 bits per heavy atom. The number of aromatic hydroxyl groups is 1. The lowest BCUT2D eigenvalue weighted by Gasteiger charge is -2.10. The molecule has 0 saturated heterocycles. The number of hydrogen-bond donors (Lipinski definition) is 3. The average molecular weight is 356 g/mol. The van der Waals surface area contributed by atoms with Gasteiger partial charge < -0.3 is 16.2 Å². The van der Waals surface area contributed by atoms with E-state index in [9.17, 15) is 9.90 Å². The molecular weight excluding hydrogens is 344 g/mol. The van der Waals surface area contributed by atoms with E-state index < -0.39 is 5.91 Å². The van der Waals surface area contributed by atoms with Gasteiger partial charge in [0.05, 0.1) is 10.6 Å². The molecule has 0 heterocycles. The van der Waals surface area contributed by atoms with Gasteiger partial charge in [-0.2, -0.15) is 0 Å². The Kier molecular flexibility index (Phi) is 4.52. The largest absolute Gasteiger partial charge is 0.508 e. The highest BCUT2D eigenvalue weighted by Crippen LogP contribution is 2.24. The number of phenols is 1. The Morgan fingerprint density at radius 3 is 2.70 bits per heavy atom. The lowest BCUT2D eigenvalue weighted by Crippen LogP contribution is -2.11. The minimum Gasteiger partial charge on any atom is -0.508 e. The lowest BCUT2D eigenvalue weighted by atomic mass is 10.1. The van der Waals surface area contributed by atoms with Gasteiger partial charge in [0.2, 0.25) is 5.91 Å². The highest BCUT2D eigenvalue weighted by Gasteiger charge is 2.07. The van der Waals surface area contributed by atoms with Crippen LogP contribution in [0.1, 0.15) is 15.9 Å². The molecule has 2 aromatic carbocycles. The minimum absolute atomic E-state index is 0.209. The molecule has 0 bridgehead atoms. The van der Waals surface area contributed by atoms with Crippen molar-refractivity contribution >= 4 is 39.1 Å². The smallest absolute Gasteiger partial charge is 0.250 e. The summed E-state index contributed by atoms with van der Waals surface area (Å²) in [4.78, 5) is 11.1. The van der Waals surface area contributed by atoms with Crippen molar-refractivity contribution in [1.82, 2.24) is 0 Å². The third-order valence-electron chi connectivity index (χ3n) is 2.76. The van der Waals surface area contributed by atoms with E-state index in [4.69, 9.17) is 17.3 Å². The molecule has 0 radical (unpaired) electrons. The lowest BCUT2D eigenvalue weighted by molar-refractivity contribution is 0.100. The second kappa shape index (κ2) is 6.15. The standard InChI is InChI=1S/C14H12BrClN2O2/c15-9-1-4-13(19)8(5-9)7-18-10-2-3-11(14(17)20)12(16)6-10/h1-6,18-19H,7H2,(H2,17,20). The second-order valence-corrected chi connectivity index (χ2v) is 5.51. The van der Waals surface area contributed by atoms with Crippen LogP contribution in [0, 0.1) is 0 Å². The van der Waals surface area contributed by atoms with Gasteiger partial charge in [0.15, 0.2) is 0 Å². The zero-order chi connectivity index (χ0) is 14.7. The molecule has 104 valence electrons. The highest BCUT2D eigenvalue weighted by molar-refractivity contribution is 9.10. The Bertz CT molecular complexity index is 662. The van der Waals surface area contributed by atoms with Crippen molar-refractivity contribution in [2.45, 2.75) is 6.54 Å². The Morgan fingerprint density at radius 1 is 1.30 bits per heavy atom. The number of hydrogen-bond acceptors (Lipinski definition) is 3. The van der Waals surface area contributed by atoms with Crippen LogP contribution in [0.2, 0.25) is 5.02 Å². The van der Waals surface area contributed by atoms with Gasteiger partial charge >= 0.3 is 0 Å². The normalized spacial score (nSPS) is 10.3. The molecule has 0 aliphatic rings. The summed E-state index contributed by atoms with van der Waals surface area (Å²) in [5.41, 5.74) is 6.94. The number of primary amides is 1. The molecule has 0 unspecified atom stereocenters. The van der Waals surface area contributed by atoms with Gasteiger partial charge in [0.25, 0.3) is 0 Å². The third kappa shape index (κ3) is 3.43. The number of amides is 1. The SMILES string of the molecule is NC(=O)c1ccc(NCc2cc(Br)ccc2O)cc1Cl. The molecule has 4 nitrogen and oxygen atoms in total. The Hall–Kier alpha value is -1.72. The molecular formula is C14H12BrClN2O2. The summed E-state index contributed by atoms with van der Waals surface area (Å²) in [5, 5.41) is 13.1. The van der Waals surface area contributed by atoms with Crippen molar-refractivity contribution in [3.8, 4) is 5.75 Å². The van der Waals surface area contributed by atoms with Crippen LogP contribution < -0.4 is 11.1 Å². The van der Waals surface area contributed by atoms with Crippen LogP contribution in [0.3, 0.4) is 0 Å². The topological polar surface area (TPSA) is 75.4 Å². The first-order valence-electron chi connectivity index (χ1n) is 5.78. The molecule has 6 heteroatoms. The van der Waals surface area contributed by atoms with E-state index in [0.29, 0.717) is 11.6 Å². The van der Waals surface area contributed by atoms with Crippen LogP contribution in [0.25, 0.3) is 0 Å². The number of phenolic OH excluding ortho intramolecular Hbond substituents is 1. The Balaban J connectivity index is 2.13. The molecule has 20 heavy (non-hydrogen) atoms. The number of carbonyl (C=O) groups excluding carboxylic acids is 1. The van der Waals surface area contributed by atoms with Gasteiger partial charge in [-0.1, -0.05) is 27.5 Å². The number of anilines is 1. The number of nitrogens with one attached hydrogen (secondary N) is 1. The first-order valence-corrected chi connectivity index (χ1v) is 6.95. The van der Waals surface area contributed by atoms with Crippen LogP contribution in [-0.2, 0) is 6.54 Å². The third-order valence-corrected chi connectivity index (χ3v) is 3.57. The number of benzene rings is 2.